The van der Waals surface area contributed by atoms with Gasteiger partial charge in [-0.1, -0.05) is 6.07 Å². The lowest BCUT2D eigenvalue weighted by Crippen LogP contribution is -2.15. The topological polar surface area (TPSA) is 92.1 Å². The molecule has 0 bridgehead atoms. The van der Waals surface area contributed by atoms with Gasteiger partial charge in [0.25, 0.3) is 11.2 Å². The molecule has 1 heterocycles. The summed E-state index contributed by atoms with van der Waals surface area (Å²) in [6, 6.07) is 9.05. The molecule has 0 radical (unpaired) electrons. The molecule has 0 amide bonds. The van der Waals surface area contributed by atoms with Crippen molar-refractivity contribution in [2.75, 3.05) is 11.9 Å². The zero-order chi connectivity index (χ0) is 13.1. The van der Waals surface area contributed by atoms with Crippen molar-refractivity contribution in [3.63, 3.8) is 0 Å². The van der Waals surface area contributed by atoms with Gasteiger partial charge in [-0.2, -0.15) is 5.10 Å². The Labute approximate surface area is 102 Å². The minimum Gasteiger partial charge on any atom is -0.328 e. The van der Waals surface area contributed by atoms with E-state index in [1.807, 2.05) is 0 Å². The first-order valence-electron chi connectivity index (χ1n) is 5.12. The number of nitrogens with one attached hydrogen (secondary N) is 1. The van der Waals surface area contributed by atoms with E-state index in [-0.39, 0.29) is 11.2 Å². The monoisotopic (exact) mass is 246 g/mol. The van der Waals surface area contributed by atoms with Crippen LogP contribution in [0.15, 0.2) is 41.2 Å². The van der Waals surface area contributed by atoms with Crippen LogP contribution in [0.25, 0.3) is 0 Å². The molecule has 2 aromatic rings. The molecular weight excluding hydrogens is 236 g/mol. The molecule has 0 saturated heterocycles. The normalized spacial score (nSPS) is 10.1. The summed E-state index contributed by atoms with van der Waals surface area (Å²) < 4.78 is 0. The number of H-pyrrole nitrogens is 1. The van der Waals surface area contributed by atoms with Crippen molar-refractivity contribution in [3.05, 3.63) is 56.9 Å². The largest absolute Gasteiger partial charge is 0.328 e. The van der Waals surface area contributed by atoms with Gasteiger partial charge in [0.2, 0.25) is 0 Å². The van der Waals surface area contributed by atoms with Crippen LogP contribution in [-0.2, 0) is 0 Å². The van der Waals surface area contributed by atoms with E-state index in [1.54, 1.807) is 24.1 Å². The Morgan fingerprint density at radius 1 is 1.33 bits per heavy atom. The Morgan fingerprint density at radius 2 is 2.11 bits per heavy atom. The van der Waals surface area contributed by atoms with Crippen LogP contribution in [0, 0.1) is 10.1 Å². The Kier molecular flexibility index (Phi) is 3.05. The molecule has 0 aliphatic heterocycles. The molecule has 18 heavy (non-hydrogen) atoms. The predicted molar refractivity (Wildman–Crippen MR) is 66.0 cm³/mol. The van der Waals surface area contributed by atoms with E-state index in [9.17, 15) is 14.9 Å². The van der Waals surface area contributed by atoms with Gasteiger partial charge in [-0.25, -0.2) is 5.10 Å². The van der Waals surface area contributed by atoms with Gasteiger partial charge in [0.05, 0.1) is 4.92 Å². The second kappa shape index (κ2) is 4.66. The standard InChI is InChI=1S/C11H10N4O3/c1-14(10-5-6-11(16)13-12-10)8-3-2-4-9(7-8)15(17)18/h2-7H,1H3,(H,13,16). The summed E-state index contributed by atoms with van der Waals surface area (Å²) in [5.74, 6) is 0.495. The van der Waals surface area contributed by atoms with Crippen LogP contribution in [0.5, 0.6) is 0 Å². The number of nitro benzene ring substituents is 1. The summed E-state index contributed by atoms with van der Waals surface area (Å²) in [6.45, 7) is 0. The van der Waals surface area contributed by atoms with Gasteiger partial charge in [0.15, 0.2) is 5.82 Å². The molecule has 0 unspecified atom stereocenters. The van der Waals surface area contributed by atoms with Gasteiger partial charge in [0, 0.05) is 30.9 Å². The fraction of sp³-hybridized carbons (Fsp3) is 0.0909. The third-order valence-corrected chi connectivity index (χ3v) is 2.44. The van der Waals surface area contributed by atoms with Gasteiger partial charge in [-0.15, -0.1) is 0 Å². The fourth-order valence-electron chi connectivity index (χ4n) is 1.47. The lowest BCUT2D eigenvalue weighted by Gasteiger charge is -2.17. The van der Waals surface area contributed by atoms with Crippen LogP contribution in [0.1, 0.15) is 0 Å². The summed E-state index contributed by atoms with van der Waals surface area (Å²) in [6.07, 6.45) is 0. The van der Waals surface area contributed by atoms with Gasteiger partial charge in [-0.3, -0.25) is 14.9 Å². The van der Waals surface area contributed by atoms with Crippen molar-refractivity contribution < 1.29 is 4.92 Å². The van der Waals surface area contributed by atoms with Crippen LogP contribution in [0.4, 0.5) is 17.2 Å². The summed E-state index contributed by atoms with van der Waals surface area (Å²) in [7, 11) is 1.71. The van der Waals surface area contributed by atoms with Crippen LogP contribution >= 0.6 is 0 Å². The first-order valence-corrected chi connectivity index (χ1v) is 5.12. The van der Waals surface area contributed by atoms with E-state index in [0.717, 1.165) is 0 Å². The third-order valence-electron chi connectivity index (χ3n) is 2.44. The Balaban J connectivity index is 2.36. The summed E-state index contributed by atoms with van der Waals surface area (Å²) in [5, 5.41) is 16.8. The number of aromatic amines is 1. The van der Waals surface area contributed by atoms with E-state index in [2.05, 4.69) is 10.2 Å². The number of rotatable bonds is 3. The molecule has 0 fully saturated rings. The third kappa shape index (κ3) is 2.34. The molecule has 0 saturated carbocycles. The lowest BCUT2D eigenvalue weighted by molar-refractivity contribution is -0.384. The molecule has 0 aliphatic carbocycles. The minimum atomic E-state index is -0.461. The number of hydrogen-bond acceptors (Lipinski definition) is 5. The molecule has 1 aromatic carbocycles. The highest BCUT2D eigenvalue weighted by Crippen LogP contribution is 2.24. The van der Waals surface area contributed by atoms with Crippen LogP contribution in [0.2, 0.25) is 0 Å². The molecule has 0 aliphatic rings. The van der Waals surface area contributed by atoms with E-state index >= 15 is 0 Å². The molecule has 1 N–H and O–H groups in total. The van der Waals surface area contributed by atoms with Gasteiger partial charge >= 0.3 is 0 Å². The summed E-state index contributed by atoms with van der Waals surface area (Å²) >= 11 is 0. The van der Waals surface area contributed by atoms with Crippen molar-refractivity contribution in [1.29, 1.82) is 0 Å². The Morgan fingerprint density at radius 3 is 2.72 bits per heavy atom. The van der Waals surface area contributed by atoms with E-state index in [0.29, 0.717) is 11.5 Å². The molecule has 0 spiro atoms. The number of anilines is 2. The maximum absolute atomic E-state index is 10.9. The summed E-state index contributed by atoms with van der Waals surface area (Å²) in [5.41, 5.74) is 0.318. The molecule has 2 rings (SSSR count). The average molecular weight is 246 g/mol. The van der Waals surface area contributed by atoms with Gasteiger partial charge in [0.1, 0.15) is 0 Å². The molecule has 0 atom stereocenters. The smallest absolute Gasteiger partial charge is 0.271 e. The number of nitro groups is 1. The second-order valence-electron chi connectivity index (χ2n) is 3.62. The van der Waals surface area contributed by atoms with E-state index in [4.69, 9.17) is 0 Å². The number of aromatic nitrogens is 2. The van der Waals surface area contributed by atoms with Crippen molar-refractivity contribution in [3.8, 4) is 0 Å². The zero-order valence-electron chi connectivity index (χ0n) is 9.53. The predicted octanol–water partition coefficient (Wildman–Crippen LogP) is 1.45. The van der Waals surface area contributed by atoms with Crippen molar-refractivity contribution in [1.82, 2.24) is 10.2 Å². The van der Waals surface area contributed by atoms with Gasteiger partial charge in [-0.05, 0) is 12.1 Å². The number of benzene rings is 1. The quantitative estimate of drug-likeness (QED) is 0.653. The number of hydrogen-bond donors (Lipinski definition) is 1. The second-order valence-corrected chi connectivity index (χ2v) is 3.62. The molecule has 7 nitrogen and oxygen atoms in total. The zero-order valence-corrected chi connectivity index (χ0v) is 9.53. The number of nitrogens with zero attached hydrogens (tertiary/aromatic N) is 3. The fourth-order valence-corrected chi connectivity index (χ4v) is 1.47. The first kappa shape index (κ1) is 11.8. The van der Waals surface area contributed by atoms with Crippen LogP contribution in [-0.4, -0.2) is 22.2 Å². The molecular formula is C11H10N4O3. The minimum absolute atomic E-state index is 0.00350. The van der Waals surface area contributed by atoms with Crippen molar-refractivity contribution in [2.24, 2.45) is 0 Å². The highest BCUT2D eigenvalue weighted by molar-refractivity contribution is 5.61. The van der Waals surface area contributed by atoms with E-state index in [1.165, 1.54) is 24.3 Å². The molecule has 1 aromatic heterocycles. The first-order chi connectivity index (χ1) is 8.58. The summed E-state index contributed by atoms with van der Waals surface area (Å²) in [4.78, 5) is 22.8. The Hall–Kier alpha value is -2.70. The molecule has 92 valence electrons. The maximum atomic E-state index is 10.9. The van der Waals surface area contributed by atoms with Crippen LogP contribution in [0.3, 0.4) is 0 Å². The van der Waals surface area contributed by atoms with Crippen LogP contribution < -0.4 is 10.5 Å². The average Bonchev–Trinajstić information content (AvgIpc) is 2.39. The molecule has 7 heteroatoms. The maximum Gasteiger partial charge on any atom is 0.271 e. The number of non-ortho nitro benzene ring substituents is 1. The van der Waals surface area contributed by atoms with Crippen molar-refractivity contribution in [2.45, 2.75) is 0 Å². The van der Waals surface area contributed by atoms with Crippen molar-refractivity contribution >= 4 is 17.2 Å². The van der Waals surface area contributed by atoms with Gasteiger partial charge < -0.3 is 4.90 Å². The Bertz CT molecular complexity index is 618. The van der Waals surface area contributed by atoms with E-state index < -0.39 is 4.92 Å². The SMILES string of the molecule is CN(c1cccc([N+](=O)[O-])c1)c1ccc(=O)[nH]n1. The highest BCUT2D eigenvalue weighted by atomic mass is 16.6. The highest BCUT2D eigenvalue weighted by Gasteiger charge is 2.10. The lowest BCUT2D eigenvalue weighted by atomic mass is 10.2.